The van der Waals surface area contributed by atoms with Gasteiger partial charge < -0.3 is 5.32 Å². The normalized spacial score (nSPS) is 18.5. The molecule has 7 nitrogen and oxygen atoms in total. The van der Waals surface area contributed by atoms with Gasteiger partial charge in [0.05, 0.1) is 9.82 Å². The molecule has 9 heteroatoms. The zero-order valence-electron chi connectivity index (χ0n) is 12.5. The van der Waals surface area contributed by atoms with Gasteiger partial charge in [-0.15, -0.1) is 12.4 Å². The van der Waals surface area contributed by atoms with Crippen molar-refractivity contribution in [2.24, 2.45) is 0 Å². The number of aryl methyl sites for hydroxylation is 1. The number of nitro benzene ring substituents is 1. The van der Waals surface area contributed by atoms with Crippen LogP contribution in [0.1, 0.15) is 24.0 Å². The van der Waals surface area contributed by atoms with E-state index >= 15 is 0 Å². The number of non-ortho nitro benzene ring substituents is 1. The van der Waals surface area contributed by atoms with Crippen LogP contribution in [0.2, 0.25) is 0 Å². The second-order valence-corrected chi connectivity index (χ2v) is 6.99. The van der Waals surface area contributed by atoms with Crippen LogP contribution < -0.4 is 10.0 Å². The van der Waals surface area contributed by atoms with Gasteiger partial charge in [-0.3, -0.25) is 10.1 Å². The van der Waals surface area contributed by atoms with Crippen molar-refractivity contribution in [2.75, 3.05) is 13.1 Å². The Labute approximate surface area is 136 Å². The summed E-state index contributed by atoms with van der Waals surface area (Å²) in [6.07, 6.45) is 1.67. The van der Waals surface area contributed by atoms with Crippen molar-refractivity contribution in [2.45, 2.75) is 37.6 Å². The van der Waals surface area contributed by atoms with E-state index < -0.39 is 14.9 Å². The van der Waals surface area contributed by atoms with Gasteiger partial charge in [0.15, 0.2) is 0 Å². The zero-order valence-corrected chi connectivity index (χ0v) is 14.1. The smallest absolute Gasteiger partial charge is 0.271 e. The van der Waals surface area contributed by atoms with Gasteiger partial charge in [0.1, 0.15) is 0 Å². The lowest BCUT2D eigenvalue weighted by molar-refractivity contribution is -0.385. The predicted octanol–water partition coefficient (Wildman–Crippen LogP) is 1.66. The van der Waals surface area contributed by atoms with Gasteiger partial charge in [0.2, 0.25) is 10.0 Å². The molecule has 0 bridgehead atoms. The fraction of sp³-hybridized carbons (Fsp3) is 0.538. The molecule has 0 saturated carbocycles. The first-order valence-electron chi connectivity index (χ1n) is 6.80. The Hall–Kier alpha value is -1.22. The lowest BCUT2D eigenvalue weighted by Crippen LogP contribution is -2.45. The van der Waals surface area contributed by atoms with E-state index in [0.29, 0.717) is 17.7 Å². The van der Waals surface area contributed by atoms with Crippen LogP contribution in [0.3, 0.4) is 0 Å². The first-order chi connectivity index (χ1) is 9.81. The summed E-state index contributed by atoms with van der Waals surface area (Å²) in [5.74, 6) is 0. The average molecular weight is 350 g/mol. The molecule has 124 valence electrons. The molecule has 0 spiro atoms. The molecule has 0 radical (unpaired) electrons. The number of nitrogens with one attached hydrogen (secondary N) is 2. The Morgan fingerprint density at radius 1 is 1.36 bits per heavy atom. The number of piperidine rings is 1. The summed E-state index contributed by atoms with van der Waals surface area (Å²) in [5.41, 5.74) is 0.920. The molecule has 2 N–H and O–H groups in total. The third-order valence-corrected chi connectivity index (χ3v) is 5.37. The van der Waals surface area contributed by atoms with Crippen molar-refractivity contribution in [3.63, 3.8) is 0 Å². The van der Waals surface area contributed by atoms with Crippen molar-refractivity contribution in [3.05, 3.63) is 33.4 Å². The van der Waals surface area contributed by atoms with Crippen LogP contribution in [0.25, 0.3) is 0 Å². The summed E-state index contributed by atoms with van der Waals surface area (Å²) in [4.78, 5) is 10.3. The number of benzene rings is 1. The van der Waals surface area contributed by atoms with Crippen LogP contribution in [0.5, 0.6) is 0 Å². The highest BCUT2D eigenvalue weighted by Gasteiger charge is 2.26. The van der Waals surface area contributed by atoms with E-state index in [0.717, 1.165) is 25.5 Å². The highest BCUT2D eigenvalue weighted by molar-refractivity contribution is 7.89. The van der Waals surface area contributed by atoms with Crippen molar-refractivity contribution in [1.82, 2.24) is 10.0 Å². The molecule has 0 unspecified atom stereocenters. The number of sulfonamides is 1. The third kappa shape index (κ3) is 4.16. The van der Waals surface area contributed by atoms with Crippen LogP contribution in [-0.4, -0.2) is 32.5 Å². The predicted molar refractivity (Wildman–Crippen MR) is 86.0 cm³/mol. The lowest BCUT2D eigenvalue weighted by Gasteiger charge is -2.24. The quantitative estimate of drug-likeness (QED) is 0.636. The average Bonchev–Trinajstić information content (AvgIpc) is 2.41. The molecule has 1 fully saturated rings. The van der Waals surface area contributed by atoms with Gasteiger partial charge in [0.25, 0.3) is 5.69 Å². The lowest BCUT2D eigenvalue weighted by atomic mass is 10.1. The maximum absolute atomic E-state index is 12.5. The van der Waals surface area contributed by atoms with Gasteiger partial charge in [-0.1, -0.05) is 0 Å². The maximum atomic E-state index is 12.5. The molecule has 0 aliphatic carbocycles. The zero-order chi connectivity index (χ0) is 15.6. The minimum atomic E-state index is -3.76. The van der Waals surface area contributed by atoms with Crippen LogP contribution in [0.15, 0.2) is 17.0 Å². The minimum absolute atomic E-state index is 0. The molecule has 1 aliphatic heterocycles. The van der Waals surface area contributed by atoms with Crippen molar-refractivity contribution < 1.29 is 13.3 Å². The van der Waals surface area contributed by atoms with Gasteiger partial charge in [0, 0.05) is 24.7 Å². The summed E-state index contributed by atoms with van der Waals surface area (Å²) < 4.78 is 27.6. The van der Waals surface area contributed by atoms with Crippen molar-refractivity contribution >= 4 is 28.1 Å². The molecule has 2 rings (SSSR count). The molecule has 0 amide bonds. The van der Waals surface area contributed by atoms with E-state index in [9.17, 15) is 18.5 Å². The summed E-state index contributed by atoms with van der Waals surface area (Å²) in [5, 5.41) is 14.0. The first-order valence-corrected chi connectivity index (χ1v) is 8.28. The minimum Gasteiger partial charge on any atom is -0.315 e. The van der Waals surface area contributed by atoms with Crippen LogP contribution >= 0.6 is 12.4 Å². The molecular formula is C13H20ClN3O4S. The monoisotopic (exact) mass is 349 g/mol. The summed E-state index contributed by atoms with van der Waals surface area (Å²) in [6, 6.07) is 2.33. The Morgan fingerprint density at radius 2 is 2.05 bits per heavy atom. The molecule has 1 heterocycles. The van der Waals surface area contributed by atoms with E-state index in [2.05, 4.69) is 10.0 Å². The number of hydrogen-bond acceptors (Lipinski definition) is 5. The molecule has 1 aromatic carbocycles. The fourth-order valence-corrected chi connectivity index (χ4v) is 4.04. The van der Waals surface area contributed by atoms with E-state index in [1.54, 1.807) is 13.8 Å². The van der Waals surface area contributed by atoms with E-state index in [1.165, 1.54) is 6.07 Å². The summed E-state index contributed by atoms with van der Waals surface area (Å²) >= 11 is 0. The first kappa shape index (κ1) is 18.8. The Morgan fingerprint density at radius 3 is 2.59 bits per heavy atom. The summed E-state index contributed by atoms with van der Waals surface area (Å²) in [7, 11) is -3.76. The van der Waals surface area contributed by atoms with Crippen LogP contribution in [0, 0.1) is 24.0 Å². The Bertz CT molecular complexity index is 657. The molecular weight excluding hydrogens is 330 g/mol. The highest BCUT2D eigenvalue weighted by atomic mass is 35.5. The van der Waals surface area contributed by atoms with Crippen LogP contribution in [0.4, 0.5) is 5.69 Å². The number of hydrogen-bond donors (Lipinski definition) is 2. The molecule has 0 aromatic heterocycles. The molecule has 22 heavy (non-hydrogen) atoms. The maximum Gasteiger partial charge on any atom is 0.271 e. The standard InChI is InChI=1S/C13H19N3O4S.ClH/c1-9-6-12(16(17)18)7-13(10(9)2)21(19,20)15-11-4-3-5-14-8-11;/h6-7,11,14-15H,3-5,8H2,1-2H3;1H/t11-;/m1./s1. The van der Waals surface area contributed by atoms with Gasteiger partial charge in [-0.05, 0) is 44.4 Å². The fourth-order valence-electron chi connectivity index (χ4n) is 2.43. The largest absolute Gasteiger partial charge is 0.315 e. The van der Waals surface area contributed by atoms with Crippen molar-refractivity contribution in [1.29, 1.82) is 0 Å². The number of rotatable bonds is 4. The summed E-state index contributed by atoms with van der Waals surface area (Å²) in [6.45, 7) is 4.79. The Kier molecular flexibility index (Phi) is 6.30. The van der Waals surface area contributed by atoms with E-state index in [4.69, 9.17) is 0 Å². The van der Waals surface area contributed by atoms with E-state index in [1.807, 2.05) is 0 Å². The van der Waals surface area contributed by atoms with Gasteiger partial charge in [-0.25, -0.2) is 13.1 Å². The number of nitro groups is 1. The second kappa shape index (κ2) is 7.36. The second-order valence-electron chi connectivity index (χ2n) is 5.31. The van der Waals surface area contributed by atoms with Crippen molar-refractivity contribution in [3.8, 4) is 0 Å². The number of halogens is 1. The molecule has 1 saturated heterocycles. The highest BCUT2D eigenvalue weighted by Crippen LogP contribution is 2.25. The SMILES string of the molecule is Cc1cc([N+](=O)[O-])cc(S(=O)(=O)N[C@@H]2CCCNC2)c1C.Cl. The molecule has 1 atom stereocenters. The number of nitrogens with zero attached hydrogens (tertiary/aromatic N) is 1. The molecule has 1 aliphatic rings. The third-order valence-electron chi connectivity index (χ3n) is 3.72. The molecule has 1 aromatic rings. The van der Waals surface area contributed by atoms with E-state index in [-0.39, 0.29) is 29.0 Å². The van der Waals surface area contributed by atoms with Gasteiger partial charge >= 0.3 is 0 Å². The topological polar surface area (TPSA) is 101 Å². The Balaban J connectivity index is 0.00000242. The van der Waals surface area contributed by atoms with Gasteiger partial charge in [-0.2, -0.15) is 0 Å². The van der Waals surface area contributed by atoms with Crippen LogP contribution in [-0.2, 0) is 10.0 Å².